The van der Waals surface area contributed by atoms with E-state index in [2.05, 4.69) is 48.6 Å². The van der Waals surface area contributed by atoms with Crippen LogP contribution in [0.2, 0.25) is 0 Å². The molecule has 1 rings (SSSR count). The average Bonchev–Trinajstić information content (AvgIpc) is 2.57. The number of halogens is 1. The molecule has 0 aliphatic carbocycles. The highest BCUT2D eigenvalue weighted by Gasteiger charge is 2.07. The van der Waals surface area contributed by atoms with Crippen LogP contribution in [0.25, 0.3) is 0 Å². The molecule has 1 aromatic carbocycles. The minimum atomic E-state index is -0.0703. The average molecular weight is 460 g/mol. The van der Waals surface area contributed by atoms with Crippen molar-refractivity contribution in [2.24, 2.45) is 10.9 Å². The fourth-order valence-corrected chi connectivity index (χ4v) is 2.29. The normalized spacial score (nSPS) is 12.3. The van der Waals surface area contributed by atoms with E-state index in [4.69, 9.17) is 0 Å². The van der Waals surface area contributed by atoms with Crippen molar-refractivity contribution < 1.29 is 4.79 Å². The van der Waals surface area contributed by atoms with Crippen molar-refractivity contribution in [2.45, 2.75) is 53.1 Å². The number of amides is 1. The number of benzene rings is 1. The van der Waals surface area contributed by atoms with E-state index in [-0.39, 0.29) is 29.9 Å². The Balaban J connectivity index is 0.00000576. The minimum Gasteiger partial charge on any atom is -0.357 e. The molecule has 5 nitrogen and oxygen atoms in total. The predicted molar refractivity (Wildman–Crippen MR) is 117 cm³/mol. The molecule has 0 aliphatic heterocycles. The number of nitrogens with one attached hydrogen (secondary N) is 3. The number of rotatable bonds is 8. The van der Waals surface area contributed by atoms with Crippen LogP contribution in [0.3, 0.4) is 0 Å². The van der Waals surface area contributed by atoms with Gasteiger partial charge < -0.3 is 16.0 Å². The quantitative estimate of drug-likeness (QED) is 0.316. The summed E-state index contributed by atoms with van der Waals surface area (Å²) >= 11 is 0. The van der Waals surface area contributed by atoms with Crippen LogP contribution in [0, 0.1) is 5.92 Å². The third-order valence-electron chi connectivity index (χ3n) is 3.77. The van der Waals surface area contributed by atoms with Gasteiger partial charge in [0, 0.05) is 25.2 Å². The molecular formula is C19H33IN4O. The first kappa shape index (κ1) is 23.7. The number of carbonyl (C=O) groups excluding carboxylic acids is 1. The van der Waals surface area contributed by atoms with Crippen LogP contribution in [0.4, 0.5) is 0 Å². The first-order chi connectivity index (χ1) is 11.5. The summed E-state index contributed by atoms with van der Waals surface area (Å²) in [6.45, 7) is 10.2. The van der Waals surface area contributed by atoms with Crippen molar-refractivity contribution >= 4 is 35.8 Å². The Morgan fingerprint density at radius 2 is 1.76 bits per heavy atom. The van der Waals surface area contributed by atoms with Crippen LogP contribution < -0.4 is 16.0 Å². The van der Waals surface area contributed by atoms with Crippen molar-refractivity contribution in [1.29, 1.82) is 0 Å². The molecule has 0 radical (unpaired) electrons. The van der Waals surface area contributed by atoms with Crippen molar-refractivity contribution in [1.82, 2.24) is 16.0 Å². The maximum atomic E-state index is 11.5. The van der Waals surface area contributed by atoms with Gasteiger partial charge in [-0.15, -0.1) is 24.0 Å². The molecule has 1 amide bonds. The molecule has 0 fully saturated rings. The Labute approximate surface area is 169 Å². The number of carbonyl (C=O) groups is 1. The van der Waals surface area contributed by atoms with Crippen LogP contribution in [0.5, 0.6) is 0 Å². The van der Waals surface area contributed by atoms with E-state index in [9.17, 15) is 4.79 Å². The van der Waals surface area contributed by atoms with Gasteiger partial charge in [-0.2, -0.15) is 0 Å². The number of aliphatic imine (C=N–C) groups is 1. The Kier molecular flexibility index (Phi) is 12.3. The molecule has 1 aromatic rings. The summed E-state index contributed by atoms with van der Waals surface area (Å²) in [7, 11) is 1.63. The lowest BCUT2D eigenvalue weighted by Crippen LogP contribution is -2.42. The van der Waals surface area contributed by atoms with Gasteiger partial charge in [0.15, 0.2) is 5.96 Å². The van der Waals surface area contributed by atoms with Gasteiger partial charge in [-0.25, -0.2) is 4.99 Å². The highest BCUT2D eigenvalue weighted by molar-refractivity contribution is 14.0. The van der Waals surface area contributed by atoms with Crippen LogP contribution in [0.15, 0.2) is 29.3 Å². The molecule has 0 aromatic heterocycles. The predicted octanol–water partition coefficient (Wildman–Crippen LogP) is 3.54. The van der Waals surface area contributed by atoms with Crippen LogP contribution in [0.1, 0.15) is 56.5 Å². The zero-order valence-corrected chi connectivity index (χ0v) is 18.4. The van der Waals surface area contributed by atoms with Gasteiger partial charge in [0.25, 0.3) is 5.91 Å². The van der Waals surface area contributed by atoms with Gasteiger partial charge in [-0.1, -0.05) is 26.0 Å². The Bertz CT molecular complexity index is 529. The van der Waals surface area contributed by atoms with Gasteiger partial charge in [-0.3, -0.25) is 4.79 Å². The zero-order chi connectivity index (χ0) is 17.9. The minimum absolute atomic E-state index is 0. The van der Waals surface area contributed by atoms with Gasteiger partial charge >= 0.3 is 0 Å². The third-order valence-corrected chi connectivity index (χ3v) is 3.77. The van der Waals surface area contributed by atoms with Gasteiger partial charge in [0.2, 0.25) is 0 Å². The summed E-state index contributed by atoms with van der Waals surface area (Å²) in [5.74, 6) is 1.48. The molecular weight excluding hydrogens is 427 g/mol. The Morgan fingerprint density at radius 1 is 1.12 bits per heavy atom. The molecule has 0 aliphatic rings. The monoisotopic (exact) mass is 460 g/mol. The van der Waals surface area contributed by atoms with Crippen molar-refractivity contribution in [3.63, 3.8) is 0 Å². The van der Waals surface area contributed by atoms with E-state index in [1.807, 2.05) is 24.3 Å². The van der Waals surface area contributed by atoms with Gasteiger partial charge in [0.1, 0.15) is 0 Å². The maximum absolute atomic E-state index is 11.5. The maximum Gasteiger partial charge on any atom is 0.251 e. The van der Waals surface area contributed by atoms with Gasteiger partial charge in [0.05, 0.1) is 6.54 Å². The molecule has 1 atom stereocenters. The lowest BCUT2D eigenvalue weighted by atomic mass is 10.0. The molecule has 25 heavy (non-hydrogen) atoms. The molecule has 1 unspecified atom stereocenters. The summed E-state index contributed by atoms with van der Waals surface area (Å²) in [5.41, 5.74) is 1.74. The smallest absolute Gasteiger partial charge is 0.251 e. The van der Waals surface area contributed by atoms with Crippen molar-refractivity contribution in [3.8, 4) is 0 Å². The molecule has 0 heterocycles. The van der Waals surface area contributed by atoms with E-state index < -0.39 is 0 Å². The molecule has 3 N–H and O–H groups in total. The molecule has 0 spiro atoms. The lowest BCUT2D eigenvalue weighted by molar-refractivity contribution is 0.0963. The van der Waals surface area contributed by atoms with E-state index in [0.29, 0.717) is 24.1 Å². The fraction of sp³-hybridized carbons (Fsp3) is 0.579. The lowest BCUT2D eigenvalue weighted by Gasteiger charge is -2.18. The van der Waals surface area contributed by atoms with Gasteiger partial charge in [-0.05, 0) is 50.3 Å². The number of hydrogen-bond donors (Lipinski definition) is 3. The summed E-state index contributed by atoms with van der Waals surface area (Å²) in [6.07, 6.45) is 2.33. The summed E-state index contributed by atoms with van der Waals surface area (Å²) in [4.78, 5) is 16.2. The largest absolute Gasteiger partial charge is 0.357 e. The van der Waals surface area contributed by atoms with E-state index >= 15 is 0 Å². The van der Waals surface area contributed by atoms with E-state index in [1.54, 1.807) is 7.05 Å². The third kappa shape index (κ3) is 9.67. The highest BCUT2D eigenvalue weighted by atomic mass is 127. The fourth-order valence-electron chi connectivity index (χ4n) is 2.29. The van der Waals surface area contributed by atoms with E-state index in [0.717, 1.165) is 24.5 Å². The van der Waals surface area contributed by atoms with Crippen LogP contribution in [-0.4, -0.2) is 31.5 Å². The zero-order valence-electron chi connectivity index (χ0n) is 16.1. The van der Waals surface area contributed by atoms with Crippen molar-refractivity contribution in [2.75, 3.05) is 13.6 Å². The Morgan fingerprint density at radius 3 is 2.28 bits per heavy atom. The second-order valence-corrected chi connectivity index (χ2v) is 6.49. The number of hydrogen-bond acceptors (Lipinski definition) is 2. The molecule has 0 saturated heterocycles. The number of nitrogens with zero attached hydrogens (tertiary/aromatic N) is 1. The second-order valence-electron chi connectivity index (χ2n) is 6.49. The summed E-state index contributed by atoms with van der Waals surface area (Å²) in [6, 6.07) is 7.94. The van der Waals surface area contributed by atoms with Crippen molar-refractivity contribution in [3.05, 3.63) is 35.4 Å². The molecule has 0 bridgehead atoms. The molecule has 6 heteroatoms. The standard InChI is InChI=1S/C19H32N4O.HI/c1-6-21-19(23-15(4)8-7-14(2)3)22-13-16-9-11-17(12-10-16)18(24)20-5;/h9-12,14-15H,6-8,13H2,1-5H3,(H,20,24)(H2,21,22,23);1H. The summed E-state index contributed by atoms with van der Waals surface area (Å²) < 4.78 is 0. The second kappa shape index (κ2) is 13.0. The first-order valence-corrected chi connectivity index (χ1v) is 8.82. The first-order valence-electron chi connectivity index (χ1n) is 8.82. The molecule has 142 valence electrons. The van der Waals surface area contributed by atoms with E-state index in [1.165, 1.54) is 6.42 Å². The SMILES string of the molecule is CCNC(=NCc1ccc(C(=O)NC)cc1)NC(C)CCC(C)C.I. The Hall–Kier alpha value is -1.31. The topological polar surface area (TPSA) is 65.5 Å². The highest BCUT2D eigenvalue weighted by Crippen LogP contribution is 2.07. The summed E-state index contributed by atoms with van der Waals surface area (Å²) in [5, 5.41) is 9.36. The number of guanidine groups is 1. The molecule has 0 saturated carbocycles. The van der Waals surface area contributed by atoms with Crippen LogP contribution in [-0.2, 0) is 6.54 Å². The van der Waals surface area contributed by atoms with Crippen LogP contribution >= 0.6 is 24.0 Å².